The van der Waals surface area contributed by atoms with Gasteiger partial charge in [0.15, 0.2) is 0 Å². The normalized spacial score (nSPS) is 25.8. The summed E-state index contributed by atoms with van der Waals surface area (Å²) < 4.78 is 39.4. The zero-order valence-electron chi connectivity index (χ0n) is 14.9. The number of hydrogen-bond donors (Lipinski definition) is 0. The molecule has 2 saturated heterocycles. The van der Waals surface area contributed by atoms with Crippen molar-refractivity contribution in [2.45, 2.75) is 31.3 Å². The first-order valence-corrected chi connectivity index (χ1v) is 10.8. The second kappa shape index (κ2) is 6.87. The fourth-order valence-corrected chi connectivity index (χ4v) is 5.54. The van der Waals surface area contributed by atoms with Crippen molar-refractivity contribution in [3.63, 3.8) is 0 Å². The molecule has 1 aliphatic carbocycles. The van der Waals surface area contributed by atoms with Gasteiger partial charge < -0.3 is 4.90 Å². The Kier molecular flexibility index (Phi) is 4.67. The third-order valence-corrected chi connectivity index (χ3v) is 7.18. The van der Waals surface area contributed by atoms with E-state index < -0.39 is 27.8 Å². The van der Waals surface area contributed by atoms with Gasteiger partial charge in [0.25, 0.3) is 5.91 Å². The highest BCUT2D eigenvalue weighted by molar-refractivity contribution is 7.89. The second-order valence-corrected chi connectivity index (χ2v) is 9.34. The number of carbonyl (C=O) groups excluding carboxylic acids is 2. The topological polar surface area (TPSA) is 78.0 Å². The molecule has 1 unspecified atom stereocenters. The molecular formula is C18H22FN3O4S. The van der Waals surface area contributed by atoms with Gasteiger partial charge in [-0.1, -0.05) is 12.1 Å². The highest BCUT2D eigenvalue weighted by Crippen LogP contribution is 2.32. The van der Waals surface area contributed by atoms with E-state index in [1.807, 2.05) is 4.90 Å². The highest BCUT2D eigenvalue weighted by atomic mass is 32.2. The first-order chi connectivity index (χ1) is 12.8. The third kappa shape index (κ3) is 3.70. The molecule has 0 radical (unpaired) electrons. The van der Waals surface area contributed by atoms with Crippen LogP contribution < -0.4 is 0 Å². The van der Waals surface area contributed by atoms with E-state index in [9.17, 15) is 22.4 Å². The summed E-state index contributed by atoms with van der Waals surface area (Å²) in [6.07, 6.45) is 1.48. The number of fused-ring (bicyclic) bond motifs is 1. The van der Waals surface area contributed by atoms with Crippen LogP contribution in [-0.4, -0.2) is 78.4 Å². The van der Waals surface area contributed by atoms with E-state index in [-0.39, 0.29) is 30.7 Å². The number of carbonyl (C=O) groups is 2. The van der Waals surface area contributed by atoms with E-state index in [0.717, 1.165) is 4.31 Å². The molecule has 0 bridgehead atoms. The Bertz CT molecular complexity index is 871. The van der Waals surface area contributed by atoms with Crippen LogP contribution in [0.25, 0.3) is 0 Å². The number of rotatable bonds is 3. The summed E-state index contributed by atoms with van der Waals surface area (Å²) in [5.74, 6) is -1.06. The SMILES string of the molecule is O=C(Cc1cccc(F)c1)N1CCN2CCS(=O)(=O)N(C3CC3)C(=O)C2C1. The van der Waals surface area contributed by atoms with Crippen LogP contribution in [0.5, 0.6) is 0 Å². The Balaban J connectivity index is 1.50. The molecule has 1 aromatic rings. The molecule has 0 N–H and O–H groups in total. The number of hydrogen-bond acceptors (Lipinski definition) is 5. The molecule has 2 amide bonds. The van der Waals surface area contributed by atoms with Crippen LogP contribution in [0.1, 0.15) is 18.4 Å². The van der Waals surface area contributed by atoms with Gasteiger partial charge in [0.1, 0.15) is 11.9 Å². The maximum Gasteiger partial charge on any atom is 0.255 e. The zero-order chi connectivity index (χ0) is 19.2. The van der Waals surface area contributed by atoms with E-state index in [0.29, 0.717) is 38.0 Å². The first-order valence-electron chi connectivity index (χ1n) is 9.17. The molecule has 27 heavy (non-hydrogen) atoms. The molecule has 0 spiro atoms. The van der Waals surface area contributed by atoms with Crippen LogP contribution in [0.15, 0.2) is 24.3 Å². The van der Waals surface area contributed by atoms with E-state index in [2.05, 4.69) is 0 Å². The minimum Gasteiger partial charge on any atom is -0.339 e. The molecule has 3 fully saturated rings. The number of piperazine rings is 1. The van der Waals surface area contributed by atoms with Crippen LogP contribution in [0.4, 0.5) is 4.39 Å². The monoisotopic (exact) mass is 395 g/mol. The summed E-state index contributed by atoms with van der Waals surface area (Å²) in [6.45, 7) is 1.36. The Hall–Kier alpha value is -2.00. The van der Waals surface area contributed by atoms with Crippen molar-refractivity contribution in [2.75, 3.05) is 31.9 Å². The van der Waals surface area contributed by atoms with Gasteiger partial charge >= 0.3 is 0 Å². The number of benzene rings is 1. The molecule has 2 aliphatic heterocycles. The van der Waals surface area contributed by atoms with Gasteiger partial charge in [-0.3, -0.25) is 14.5 Å². The minimum atomic E-state index is -3.60. The second-order valence-electron chi connectivity index (χ2n) is 7.38. The molecule has 2 heterocycles. The molecule has 9 heteroatoms. The summed E-state index contributed by atoms with van der Waals surface area (Å²) in [6, 6.07) is 5.04. The van der Waals surface area contributed by atoms with E-state index in [4.69, 9.17) is 0 Å². The predicted molar refractivity (Wildman–Crippen MR) is 95.7 cm³/mol. The maximum absolute atomic E-state index is 13.3. The van der Waals surface area contributed by atoms with Crippen molar-refractivity contribution in [3.8, 4) is 0 Å². The Morgan fingerprint density at radius 3 is 2.67 bits per heavy atom. The van der Waals surface area contributed by atoms with Crippen molar-refractivity contribution in [3.05, 3.63) is 35.6 Å². The Morgan fingerprint density at radius 2 is 1.96 bits per heavy atom. The predicted octanol–water partition coefficient (Wildman–Crippen LogP) is 0.215. The van der Waals surface area contributed by atoms with Crippen LogP contribution >= 0.6 is 0 Å². The molecular weight excluding hydrogens is 373 g/mol. The Labute approximate surface area is 157 Å². The van der Waals surface area contributed by atoms with Crippen molar-refractivity contribution in [1.82, 2.24) is 14.1 Å². The number of halogens is 1. The summed E-state index contributed by atoms with van der Waals surface area (Å²) in [7, 11) is -3.60. The molecule has 146 valence electrons. The maximum atomic E-state index is 13.3. The summed E-state index contributed by atoms with van der Waals surface area (Å²) in [5.41, 5.74) is 0.580. The molecule has 1 aromatic carbocycles. The number of nitrogens with zero attached hydrogens (tertiary/aromatic N) is 3. The van der Waals surface area contributed by atoms with Crippen LogP contribution in [0.2, 0.25) is 0 Å². The molecule has 3 aliphatic rings. The summed E-state index contributed by atoms with van der Waals surface area (Å²) in [5, 5.41) is 0. The Morgan fingerprint density at radius 1 is 1.19 bits per heavy atom. The summed E-state index contributed by atoms with van der Waals surface area (Å²) >= 11 is 0. The lowest BCUT2D eigenvalue weighted by atomic mass is 10.1. The largest absolute Gasteiger partial charge is 0.339 e. The average molecular weight is 395 g/mol. The first kappa shape index (κ1) is 18.4. The van der Waals surface area contributed by atoms with Crippen LogP contribution in [-0.2, 0) is 26.0 Å². The van der Waals surface area contributed by atoms with Gasteiger partial charge in [-0.25, -0.2) is 17.1 Å². The van der Waals surface area contributed by atoms with Crippen molar-refractivity contribution in [1.29, 1.82) is 0 Å². The lowest BCUT2D eigenvalue weighted by Crippen LogP contribution is -2.59. The van der Waals surface area contributed by atoms with Crippen LogP contribution in [0.3, 0.4) is 0 Å². The average Bonchev–Trinajstić information content (AvgIpc) is 3.44. The van der Waals surface area contributed by atoms with Gasteiger partial charge in [0, 0.05) is 32.2 Å². The van der Waals surface area contributed by atoms with Crippen molar-refractivity contribution >= 4 is 21.8 Å². The fraction of sp³-hybridized carbons (Fsp3) is 0.556. The standard InChI is InChI=1S/C18H22FN3O4S/c19-14-3-1-2-13(10-14)11-17(23)21-7-6-20-8-9-27(25,26)22(15-4-5-15)18(24)16(20)12-21/h1-3,10,15-16H,4-9,11-12H2. The number of amides is 2. The van der Waals surface area contributed by atoms with Gasteiger partial charge in [-0.05, 0) is 30.5 Å². The van der Waals surface area contributed by atoms with Gasteiger partial charge in [0.2, 0.25) is 15.9 Å². The fourth-order valence-electron chi connectivity index (χ4n) is 3.81. The molecule has 0 aromatic heterocycles. The zero-order valence-corrected chi connectivity index (χ0v) is 15.7. The van der Waals surface area contributed by atoms with E-state index in [1.165, 1.54) is 12.1 Å². The smallest absolute Gasteiger partial charge is 0.255 e. The molecule has 1 atom stereocenters. The summed E-state index contributed by atoms with van der Waals surface area (Å²) in [4.78, 5) is 29.1. The minimum absolute atomic E-state index is 0.0588. The quantitative estimate of drug-likeness (QED) is 0.732. The molecule has 7 nitrogen and oxygen atoms in total. The van der Waals surface area contributed by atoms with Gasteiger partial charge in [-0.2, -0.15) is 0 Å². The van der Waals surface area contributed by atoms with E-state index in [1.54, 1.807) is 17.0 Å². The van der Waals surface area contributed by atoms with Gasteiger partial charge in [-0.15, -0.1) is 0 Å². The van der Waals surface area contributed by atoms with Crippen molar-refractivity contribution in [2.24, 2.45) is 0 Å². The van der Waals surface area contributed by atoms with Gasteiger partial charge in [0.05, 0.1) is 12.2 Å². The lowest BCUT2D eigenvalue weighted by Gasteiger charge is -2.39. The molecule has 4 rings (SSSR count). The third-order valence-electron chi connectivity index (χ3n) is 5.41. The lowest BCUT2D eigenvalue weighted by molar-refractivity contribution is -0.139. The van der Waals surface area contributed by atoms with E-state index >= 15 is 0 Å². The number of sulfonamides is 1. The highest BCUT2D eigenvalue weighted by Gasteiger charge is 2.48. The van der Waals surface area contributed by atoms with Crippen molar-refractivity contribution < 1.29 is 22.4 Å². The van der Waals surface area contributed by atoms with Crippen LogP contribution in [0, 0.1) is 5.82 Å². The molecule has 1 saturated carbocycles.